The Balaban J connectivity index is 1.85. The maximum absolute atomic E-state index is 12.5. The van der Waals surface area contributed by atoms with Gasteiger partial charge in [0.05, 0.1) is 0 Å². The van der Waals surface area contributed by atoms with Crippen molar-refractivity contribution in [1.29, 1.82) is 0 Å². The van der Waals surface area contributed by atoms with E-state index in [1.165, 1.54) is 6.07 Å². The summed E-state index contributed by atoms with van der Waals surface area (Å²) in [5, 5.41) is 0. The first kappa shape index (κ1) is 22.9. The summed E-state index contributed by atoms with van der Waals surface area (Å²) in [6.07, 6.45) is 11.1. The van der Waals surface area contributed by atoms with E-state index >= 15 is 0 Å². The molecule has 0 aliphatic rings. The zero-order chi connectivity index (χ0) is 23.8. The lowest BCUT2D eigenvalue weighted by atomic mass is 9.93. The molecule has 0 saturated heterocycles. The van der Waals surface area contributed by atoms with Crippen molar-refractivity contribution in [2.75, 3.05) is 0 Å². The second-order valence-corrected chi connectivity index (χ2v) is 7.99. The zero-order valence-corrected chi connectivity index (χ0v) is 19.1. The van der Waals surface area contributed by atoms with Crippen molar-refractivity contribution in [3.63, 3.8) is 0 Å². The molecule has 0 aliphatic heterocycles. The highest BCUT2D eigenvalue weighted by atomic mass is 16.2. The lowest BCUT2D eigenvalue weighted by Crippen LogP contribution is -2.31. The summed E-state index contributed by atoms with van der Waals surface area (Å²) in [7, 11) is 0. The van der Waals surface area contributed by atoms with Crippen LogP contribution in [-0.2, 0) is 6.54 Å². The van der Waals surface area contributed by atoms with Crippen LogP contribution in [0.15, 0.2) is 82.9 Å². The molecule has 0 fully saturated rings. The van der Waals surface area contributed by atoms with E-state index in [9.17, 15) is 9.59 Å². The number of rotatable bonds is 7. The Kier molecular flexibility index (Phi) is 7.46. The van der Waals surface area contributed by atoms with E-state index in [-0.39, 0.29) is 0 Å². The molecular formula is C28H26N4O2. The van der Waals surface area contributed by atoms with Crippen LogP contribution in [0, 0.1) is 11.8 Å². The van der Waals surface area contributed by atoms with Crippen molar-refractivity contribution in [3.8, 4) is 34.1 Å². The molecule has 0 bridgehead atoms. The van der Waals surface area contributed by atoms with Gasteiger partial charge in [0.1, 0.15) is 5.69 Å². The molecule has 1 aromatic carbocycles. The molecule has 0 aliphatic carbocycles. The van der Waals surface area contributed by atoms with Crippen LogP contribution in [-0.4, -0.2) is 19.5 Å². The van der Waals surface area contributed by atoms with E-state index in [2.05, 4.69) is 33.7 Å². The maximum Gasteiger partial charge on any atom is 0.329 e. The lowest BCUT2D eigenvalue weighted by Gasteiger charge is -2.11. The fourth-order valence-electron chi connectivity index (χ4n) is 3.90. The number of nitrogens with one attached hydrogen (secondary N) is 1. The number of aromatic amines is 1. The smallest absolute Gasteiger partial charge is 0.286 e. The molecule has 0 saturated carbocycles. The molecule has 3 heterocycles. The Labute approximate surface area is 198 Å². The van der Waals surface area contributed by atoms with Crippen LogP contribution < -0.4 is 11.2 Å². The van der Waals surface area contributed by atoms with Crippen LogP contribution in [0.1, 0.15) is 43.9 Å². The van der Waals surface area contributed by atoms with Crippen molar-refractivity contribution in [2.24, 2.45) is 0 Å². The summed E-state index contributed by atoms with van der Waals surface area (Å²) in [4.78, 5) is 35.2. The SMILES string of the molecule is CCCCCCn1c(C#Cc2c(-c3ccncc3)cccc2-c2ccncc2)cc(=O)[nH]c1=O. The topological polar surface area (TPSA) is 80.6 Å². The summed E-state index contributed by atoms with van der Waals surface area (Å²) in [6.45, 7) is 2.66. The number of hydrogen-bond acceptors (Lipinski definition) is 4. The molecule has 6 heteroatoms. The molecule has 6 nitrogen and oxygen atoms in total. The number of H-pyrrole nitrogens is 1. The fraction of sp³-hybridized carbons (Fsp3) is 0.214. The van der Waals surface area contributed by atoms with Crippen LogP contribution >= 0.6 is 0 Å². The van der Waals surface area contributed by atoms with Crippen LogP contribution in [0.25, 0.3) is 22.3 Å². The van der Waals surface area contributed by atoms with Crippen molar-refractivity contribution in [1.82, 2.24) is 19.5 Å². The summed E-state index contributed by atoms with van der Waals surface area (Å²) < 4.78 is 1.56. The minimum atomic E-state index is -0.448. The highest BCUT2D eigenvalue weighted by Gasteiger charge is 2.11. The molecule has 34 heavy (non-hydrogen) atoms. The number of unbranched alkanes of at least 4 members (excludes halogenated alkanes) is 3. The molecule has 0 amide bonds. The second kappa shape index (κ2) is 11.1. The molecule has 0 atom stereocenters. The van der Waals surface area contributed by atoms with E-state index < -0.39 is 11.2 Å². The Hall–Kier alpha value is -4.24. The lowest BCUT2D eigenvalue weighted by molar-refractivity contribution is 0.556. The zero-order valence-electron chi connectivity index (χ0n) is 19.1. The molecule has 3 aromatic heterocycles. The van der Waals surface area contributed by atoms with E-state index in [4.69, 9.17) is 0 Å². The molecule has 0 spiro atoms. The first-order valence-electron chi connectivity index (χ1n) is 11.5. The van der Waals surface area contributed by atoms with Gasteiger partial charge in [-0.3, -0.25) is 24.3 Å². The van der Waals surface area contributed by atoms with Gasteiger partial charge in [0.15, 0.2) is 0 Å². The molecule has 4 aromatic rings. The molecular weight excluding hydrogens is 424 g/mol. The minimum Gasteiger partial charge on any atom is -0.286 e. The number of pyridine rings is 2. The third-order valence-electron chi connectivity index (χ3n) is 5.63. The number of benzene rings is 1. The van der Waals surface area contributed by atoms with E-state index in [1.54, 1.807) is 29.4 Å². The minimum absolute atomic E-state index is 0.412. The van der Waals surface area contributed by atoms with Gasteiger partial charge in [-0.25, -0.2) is 4.79 Å². The van der Waals surface area contributed by atoms with Gasteiger partial charge in [-0.2, -0.15) is 0 Å². The number of hydrogen-bond donors (Lipinski definition) is 1. The summed E-state index contributed by atoms with van der Waals surface area (Å²) in [5.41, 5.74) is 4.22. The first-order chi connectivity index (χ1) is 16.7. The fourth-order valence-corrected chi connectivity index (χ4v) is 3.90. The predicted octanol–water partition coefficient (Wildman–Crippen LogP) is 4.64. The van der Waals surface area contributed by atoms with Gasteiger partial charge in [0.25, 0.3) is 5.56 Å². The second-order valence-electron chi connectivity index (χ2n) is 7.99. The highest BCUT2D eigenvalue weighted by molar-refractivity contribution is 5.82. The summed E-state index contributed by atoms with van der Waals surface area (Å²) in [5.74, 6) is 6.42. The van der Waals surface area contributed by atoms with Crippen molar-refractivity contribution in [2.45, 2.75) is 39.2 Å². The highest BCUT2D eigenvalue weighted by Crippen LogP contribution is 2.31. The van der Waals surface area contributed by atoms with Crippen molar-refractivity contribution >= 4 is 0 Å². The Bertz CT molecular complexity index is 1370. The van der Waals surface area contributed by atoms with Gasteiger partial charge in [0.2, 0.25) is 0 Å². The maximum atomic E-state index is 12.5. The third-order valence-corrected chi connectivity index (χ3v) is 5.63. The average molecular weight is 451 g/mol. The van der Waals surface area contributed by atoms with Gasteiger partial charge in [0, 0.05) is 43.0 Å². The molecule has 1 N–H and O–H groups in total. The molecule has 170 valence electrons. The molecule has 0 radical (unpaired) electrons. The van der Waals surface area contributed by atoms with E-state index in [0.29, 0.717) is 12.2 Å². The summed E-state index contributed by atoms with van der Waals surface area (Å²) >= 11 is 0. The van der Waals surface area contributed by atoms with Gasteiger partial charge in [-0.1, -0.05) is 50.3 Å². The monoisotopic (exact) mass is 450 g/mol. The first-order valence-corrected chi connectivity index (χ1v) is 11.5. The van der Waals surface area contributed by atoms with Crippen molar-refractivity contribution in [3.05, 3.63) is 105 Å². The molecule has 0 unspecified atom stereocenters. The normalized spacial score (nSPS) is 10.5. The van der Waals surface area contributed by atoms with Crippen LogP contribution in [0.5, 0.6) is 0 Å². The van der Waals surface area contributed by atoms with Gasteiger partial charge in [-0.05, 0) is 58.9 Å². The number of nitrogens with zero attached hydrogens (tertiary/aromatic N) is 3. The van der Waals surface area contributed by atoms with Gasteiger partial charge >= 0.3 is 5.69 Å². The van der Waals surface area contributed by atoms with Crippen molar-refractivity contribution < 1.29 is 0 Å². The average Bonchev–Trinajstić information content (AvgIpc) is 2.87. The Morgan fingerprint density at radius 1 is 0.824 bits per heavy atom. The summed E-state index contributed by atoms with van der Waals surface area (Å²) in [6, 6.07) is 15.2. The molecule has 4 rings (SSSR count). The largest absolute Gasteiger partial charge is 0.329 e. The van der Waals surface area contributed by atoms with Crippen LogP contribution in [0.3, 0.4) is 0 Å². The Morgan fingerprint density at radius 2 is 1.44 bits per heavy atom. The van der Waals surface area contributed by atoms with Gasteiger partial charge < -0.3 is 0 Å². The van der Waals surface area contributed by atoms with Crippen LogP contribution in [0.2, 0.25) is 0 Å². The standard InChI is InChI=1S/C28H26N4O2/c1-2-3-4-5-19-32-23(20-27(33)31-28(32)34)9-10-26-24(21-11-15-29-16-12-21)7-6-8-25(26)22-13-17-30-18-14-22/h6-8,11-18,20H,2-5,19H2,1H3,(H,31,33,34). The number of aromatic nitrogens is 4. The van der Waals surface area contributed by atoms with Gasteiger partial charge in [-0.15, -0.1) is 0 Å². The van der Waals surface area contributed by atoms with E-state index in [1.807, 2.05) is 42.5 Å². The quantitative estimate of drug-likeness (QED) is 0.329. The Morgan fingerprint density at radius 3 is 2.03 bits per heavy atom. The third kappa shape index (κ3) is 5.38. The van der Waals surface area contributed by atoms with E-state index in [0.717, 1.165) is 53.5 Å². The van der Waals surface area contributed by atoms with Crippen LogP contribution in [0.4, 0.5) is 0 Å². The predicted molar refractivity (Wildman–Crippen MR) is 134 cm³/mol.